The summed E-state index contributed by atoms with van der Waals surface area (Å²) in [6.07, 6.45) is 8.27. The smallest absolute Gasteiger partial charge is 0.0886 e. The van der Waals surface area contributed by atoms with Gasteiger partial charge in [-0.05, 0) is 88.1 Å². The lowest BCUT2D eigenvalue weighted by molar-refractivity contribution is 0.129. The number of hydrogen-bond donors (Lipinski definition) is 1. The van der Waals surface area contributed by atoms with Gasteiger partial charge < -0.3 is 5.32 Å². The molecule has 0 saturated heterocycles. The van der Waals surface area contributed by atoms with E-state index in [-0.39, 0.29) is 11.5 Å². The van der Waals surface area contributed by atoms with Crippen molar-refractivity contribution in [1.29, 1.82) is 0 Å². The first-order valence-electron chi connectivity index (χ1n) is 13.4. The van der Waals surface area contributed by atoms with Crippen LogP contribution in [0, 0.1) is 26.7 Å². The summed E-state index contributed by atoms with van der Waals surface area (Å²) in [4.78, 5) is 4.69. The number of pyridine rings is 1. The van der Waals surface area contributed by atoms with Crippen molar-refractivity contribution in [2.75, 3.05) is 0 Å². The van der Waals surface area contributed by atoms with Crippen LogP contribution >= 0.6 is 0 Å². The molecule has 1 saturated carbocycles. The maximum atomic E-state index is 4.69. The maximum absolute atomic E-state index is 4.69. The zero-order valence-electron chi connectivity index (χ0n) is 23.2. The third-order valence-electron chi connectivity index (χ3n) is 7.68. The SMILES string of the molecule is C=C(NC(C)C1CCC1(c1cccc(C)c1)c1cccc(C)c1)c1nccc(CCC)c1C.C=CC. The van der Waals surface area contributed by atoms with Crippen molar-refractivity contribution in [2.24, 2.45) is 5.92 Å². The molecule has 1 aliphatic carbocycles. The minimum absolute atomic E-state index is 0.0251. The third kappa shape index (κ3) is 5.64. The van der Waals surface area contributed by atoms with Crippen LogP contribution < -0.4 is 5.32 Å². The summed E-state index contributed by atoms with van der Waals surface area (Å²) in [5, 5.41) is 3.77. The molecule has 190 valence electrons. The van der Waals surface area contributed by atoms with Gasteiger partial charge in [-0.3, -0.25) is 4.98 Å². The van der Waals surface area contributed by atoms with Crippen molar-refractivity contribution in [3.05, 3.63) is 119 Å². The molecule has 2 nitrogen and oxygen atoms in total. The summed E-state index contributed by atoms with van der Waals surface area (Å²) >= 11 is 0. The Labute approximate surface area is 219 Å². The van der Waals surface area contributed by atoms with Gasteiger partial charge in [-0.1, -0.05) is 85.7 Å². The zero-order chi connectivity index (χ0) is 26.3. The maximum Gasteiger partial charge on any atom is 0.0886 e. The molecule has 0 amide bonds. The first-order valence-corrected chi connectivity index (χ1v) is 13.4. The van der Waals surface area contributed by atoms with Gasteiger partial charge in [0.2, 0.25) is 0 Å². The number of benzene rings is 2. The van der Waals surface area contributed by atoms with E-state index in [1.807, 2.05) is 13.1 Å². The summed E-state index contributed by atoms with van der Waals surface area (Å²) in [5.41, 5.74) is 10.1. The molecule has 2 unspecified atom stereocenters. The average Bonchev–Trinajstić information content (AvgIpc) is 2.81. The largest absolute Gasteiger partial charge is 0.381 e. The number of nitrogens with zero attached hydrogens (tertiary/aromatic N) is 1. The van der Waals surface area contributed by atoms with Gasteiger partial charge in [-0.2, -0.15) is 0 Å². The lowest BCUT2D eigenvalue weighted by Gasteiger charge is -2.54. The number of aromatic nitrogens is 1. The van der Waals surface area contributed by atoms with Crippen molar-refractivity contribution in [1.82, 2.24) is 10.3 Å². The second kappa shape index (κ2) is 12.2. The number of hydrogen-bond acceptors (Lipinski definition) is 2. The molecule has 0 radical (unpaired) electrons. The Morgan fingerprint density at radius 2 is 1.67 bits per heavy atom. The fourth-order valence-electron chi connectivity index (χ4n) is 5.87. The van der Waals surface area contributed by atoms with E-state index >= 15 is 0 Å². The van der Waals surface area contributed by atoms with Gasteiger partial charge in [-0.15, -0.1) is 6.58 Å². The lowest BCUT2D eigenvalue weighted by Crippen LogP contribution is -2.53. The monoisotopic (exact) mass is 480 g/mol. The lowest BCUT2D eigenvalue weighted by atomic mass is 9.51. The van der Waals surface area contributed by atoms with E-state index in [0.29, 0.717) is 5.92 Å². The van der Waals surface area contributed by atoms with Gasteiger partial charge in [0.25, 0.3) is 0 Å². The minimum Gasteiger partial charge on any atom is -0.381 e. The fraction of sp³-hybridized carbons (Fsp3) is 0.382. The molecule has 0 aliphatic heterocycles. The van der Waals surface area contributed by atoms with Crippen LogP contribution in [0.1, 0.15) is 79.1 Å². The van der Waals surface area contributed by atoms with Crippen LogP contribution in [-0.4, -0.2) is 11.0 Å². The Bertz CT molecular complexity index is 1140. The van der Waals surface area contributed by atoms with Crippen molar-refractivity contribution >= 4 is 5.70 Å². The van der Waals surface area contributed by atoms with Crippen LogP contribution in [-0.2, 0) is 11.8 Å². The van der Waals surface area contributed by atoms with Gasteiger partial charge in [0.15, 0.2) is 0 Å². The normalized spacial score (nSPS) is 16.7. The zero-order valence-corrected chi connectivity index (χ0v) is 23.2. The molecule has 0 spiro atoms. The molecule has 1 aromatic heterocycles. The van der Waals surface area contributed by atoms with Crippen molar-refractivity contribution in [3.63, 3.8) is 0 Å². The summed E-state index contributed by atoms with van der Waals surface area (Å²) in [5.74, 6) is 0.483. The molecule has 2 aromatic carbocycles. The highest BCUT2D eigenvalue weighted by Gasteiger charge is 2.51. The van der Waals surface area contributed by atoms with Gasteiger partial charge in [-0.25, -0.2) is 0 Å². The van der Waals surface area contributed by atoms with Gasteiger partial charge in [0.05, 0.1) is 11.4 Å². The number of nitrogens with one attached hydrogen (secondary N) is 1. The van der Waals surface area contributed by atoms with Crippen LogP contribution in [0.4, 0.5) is 0 Å². The quantitative estimate of drug-likeness (QED) is 0.327. The molecule has 1 fully saturated rings. The number of aryl methyl sites for hydroxylation is 3. The summed E-state index contributed by atoms with van der Waals surface area (Å²) in [6.45, 7) is 20.8. The Morgan fingerprint density at radius 1 is 1.08 bits per heavy atom. The Balaban J connectivity index is 0.00000115. The van der Waals surface area contributed by atoms with E-state index in [2.05, 4.69) is 108 Å². The number of rotatable bonds is 8. The van der Waals surface area contributed by atoms with E-state index in [9.17, 15) is 0 Å². The molecule has 36 heavy (non-hydrogen) atoms. The van der Waals surface area contributed by atoms with Crippen LogP contribution in [0.2, 0.25) is 0 Å². The highest BCUT2D eigenvalue weighted by Crippen LogP contribution is 2.55. The van der Waals surface area contributed by atoms with Crippen LogP contribution in [0.3, 0.4) is 0 Å². The minimum atomic E-state index is 0.0251. The van der Waals surface area contributed by atoms with Crippen LogP contribution in [0.25, 0.3) is 5.70 Å². The standard InChI is InChI=1S/C31H38N2.C3H6/c1-7-10-26-16-18-32-30(23(26)4)25(6)33-24(5)29-15-17-31(29,27-13-8-11-21(2)19-27)28-14-9-12-22(3)20-28;1-3-2/h8-9,11-14,16,18-20,24,29,33H,6-7,10,15,17H2,1-5H3;3H,1H2,2H3. The van der Waals surface area contributed by atoms with Crippen molar-refractivity contribution in [2.45, 2.75) is 78.7 Å². The first kappa shape index (κ1) is 27.5. The van der Waals surface area contributed by atoms with E-state index in [1.165, 1.54) is 46.2 Å². The molecule has 4 rings (SSSR count). The van der Waals surface area contributed by atoms with E-state index in [4.69, 9.17) is 4.98 Å². The van der Waals surface area contributed by atoms with Crippen molar-refractivity contribution in [3.8, 4) is 0 Å². The van der Waals surface area contributed by atoms with Crippen LogP contribution in [0.15, 0.2) is 80.0 Å². The van der Waals surface area contributed by atoms with Gasteiger partial charge >= 0.3 is 0 Å². The molecular weight excluding hydrogens is 436 g/mol. The van der Waals surface area contributed by atoms with Crippen molar-refractivity contribution < 1.29 is 0 Å². The third-order valence-corrected chi connectivity index (χ3v) is 7.68. The molecule has 0 bridgehead atoms. The molecule has 2 heteroatoms. The van der Waals surface area contributed by atoms with E-state index in [0.717, 1.165) is 24.2 Å². The summed E-state index contributed by atoms with van der Waals surface area (Å²) in [7, 11) is 0. The fourth-order valence-corrected chi connectivity index (χ4v) is 5.87. The molecule has 1 aliphatic rings. The second-order valence-corrected chi connectivity index (χ2v) is 10.4. The second-order valence-electron chi connectivity index (χ2n) is 10.4. The number of allylic oxidation sites excluding steroid dienone is 1. The molecule has 1 N–H and O–H groups in total. The first-order chi connectivity index (χ1) is 17.3. The summed E-state index contributed by atoms with van der Waals surface area (Å²) < 4.78 is 0. The Morgan fingerprint density at radius 3 is 2.14 bits per heavy atom. The highest BCUT2D eigenvalue weighted by molar-refractivity contribution is 5.62. The predicted molar refractivity (Wildman–Crippen MR) is 156 cm³/mol. The Kier molecular flexibility index (Phi) is 9.31. The predicted octanol–water partition coefficient (Wildman–Crippen LogP) is 8.50. The van der Waals surface area contributed by atoms with Gasteiger partial charge in [0.1, 0.15) is 0 Å². The van der Waals surface area contributed by atoms with Gasteiger partial charge in [0, 0.05) is 17.7 Å². The topological polar surface area (TPSA) is 24.9 Å². The Hall–Kier alpha value is -3.13. The molecule has 3 aromatic rings. The molecule has 1 heterocycles. The molecular formula is C34H44N2. The van der Waals surface area contributed by atoms with Crippen LogP contribution in [0.5, 0.6) is 0 Å². The van der Waals surface area contributed by atoms with E-state index in [1.54, 1.807) is 6.08 Å². The highest BCUT2D eigenvalue weighted by atomic mass is 15.0. The molecule has 2 atom stereocenters. The average molecular weight is 481 g/mol. The van der Waals surface area contributed by atoms with E-state index < -0.39 is 0 Å². The summed E-state index contributed by atoms with van der Waals surface area (Å²) in [6, 6.07) is 20.7.